The molecule has 0 radical (unpaired) electrons. The standard InChI is InChI=1S/C14H18N4S/c1-17-7-8-18(14-16-9-13(15)19-14)12(10-17)11-5-3-2-4-6-11/h2-6,9,12H,7-8,10,15H2,1H3. The fourth-order valence-electron chi connectivity index (χ4n) is 2.52. The van der Waals surface area contributed by atoms with Crippen molar-refractivity contribution in [2.75, 3.05) is 37.3 Å². The lowest BCUT2D eigenvalue weighted by molar-refractivity contribution is 0.269. The summed E-state index contributed by atoms with van der Waals surface area (Å²) >= 11 is 1.57. The van der Waals surface area contributed by atoms with Crippen LogP contribution in [0.5, 0.6) is 0 Å². The van der Waals surface area contributed by atoms with Crippen molar-refractivity contribution in [3.8, 4) is 0 Å². The third-order valence-electron chi connectivity index (χ3n) is 3.52. The Morgan fingerprint density at radius 2 is 2.05 bits per heavy atom. The maximum atomic E-state index is 5.82. The van der Waals surface area contributed by atoms with Gasteiger partial charge >= 0.3 is 0 Å². The second kappa shape index (κ2) is 5.19. The van der Waals surface area contributed by atoms with Gasteiger partial charge in [0.1, 0.15) is 5.00 Å². The molecular weight excluding hydrogens is 256 g/mol. The summed E-state index contributed by atoms with van der Waals surface area (Å²) in [7, 11) is 2.17. The lowest BCUT2D eigenvalue weighted by Crippen LogP contribution is -2.46. The van der Waals surface area contributed by atoms with Gasteiger partial charge in [0.15, 0.2) is 5.13 Å². The first-order valence-electron chi connectivity index (χ1n) is 6.45. The van der Waals surface area contributed by atoms with Gasteiger partial charge in [0, 0.05) is 19.6 Å². The molecule has 19 heavy (non-hydrogen) atoms. The fourth-order valence-corrected chi connectivity index (χ4v) is 3.28. The van der Waals surface area contributed by atoms with E-state index in [1.54, 1.807) is 17.5 Å². The highest BCUT2D eigenvalue weighted by Gasteiger charge is 2.28. The van der Waals surface area contributed by atoms with E-state index < -0.39 is 0 Å². The Bertz CT molecular complexity index is 539. The van der Waals surface area contributed by atoms with Gasteiger partial charge in [0.05, 0.1) is 12.2 Å². The molecule has 4 nitrogen and oxygen atoms in total. The molecule has 1 aromatic carbocycles. The van der Waals surface area contributed by atoms with Crippen molar-refractivity contribution >= 4 is 21.5 Å². The average molecular weight is 274 g/mol. The van der Waals surface area contributed by atoms with E-state index in [4.69, 9.17) is 5.73 Å². The molecule has 100 valence electrons. The van der Waals surface area contributed by atoms with Crippen LogP contribution in [0, 0.1) is 0 Å². The molecule has 2 aromatic rings. The van der Waals surface area contributed by atoms with Crippen LogP contribution in [0.15, 0.2) is 36.5 Å². The zero-order valence-corrected chi connectivity index (χ0v) is 11.8. The molecule has 1 aliphatic rings. The van der Waals surface area contributed by atoms with Crippen molar-refractivity contribution in [1.82, 2.24) is 9.88 Å². The zero-order chi connectivity index (χ0) is 13.2. The Labute approximate surface area is 117 Å². The molecule has 2 N–H and O–H groups in total. The molecule has 0 bridgehead atoms. The van der Waals surface area contributed by atoms with Crippen LogP contribution in [-0.4, -0.2) is 36.6 Å². The Kier molecular flexibility index (Phi) is 3.40. The Morgan fingerprint density at radius 1 is 1.26 bits per heavy atom. The number of anilines is 2. The Hall–Kier alpha value is -1.59. The van der Waals surface area contributed by atoms with Gasteiger partial charge in [0.2, 0.25) is 0 Å². The molecule has 1 fully saturated rings. The van der Waals surface area contributed by atoms with E-state index in [0.717, 1.165) is 29.8 Å². The number of aromatic nitrogens is 1. The number of hydrogen-bond acceptors (Lipinski definition) is 5. The van der Waals surface area contributed by atoms with Crippen LogP contribution < -0.4 is 10.6 Å². The highest BCUT2D eigenvalue weighted by atomic mass is 32.1. The molecule has 1 saturated heterocycles. The number of benzene rings is 1. The van der Waals surface area contributed by atoms with Gasteiger partial charge in [-0.15, -0.1) is 0 Å². The topological polar surface area (TPSA) is 45.4 Å². The third-order valence-corrected chi connectivity index (χ3v) is 4.39. The van der Waals surface area contributed by atoms with E-state index in [2.05, 4.69) is 52.2 Å². The number of nitrogens with zero attached hydrogens (tertiary/aromatic N) is 3. The van der Waals surface area contributed by atoms with E-state index >= 15 is 0 Å². The third kappa shape index (κ3) is 2.57. The second-order valence-electron chi connectivity index (χ2n) is 4.93. The van der Waals surface area contributed by atoms with Gasteiger partial charge in [0.25, 0.3) is 0 Å². The van der Waals surface area contributed by atoms with Crippen molar-refractivity contribution in [3.63, 3.8) is 0 Å². The van der Waals surface area contributed by atoms with Gasteiger partial charge in [-0.05, 0) is 12.6 Å². The fraction of sp³-hybridized carbons (Fsp3) is 0.357. The van der Waals surface area contributed by atoms with Gasteiger partial charge in [-0.3, -0.25) is 0 Å². The van der Waals surface area contributed by atoms with Crippen molar-refractivity contribution in [2.24, 2.45) is 0 Å². The molecular formula is C14H18N4S. The number of nitrogens with two attached hydrogens (primary N) is 1. The maximum Gasteiger partial charge on any atom is 0.187 e. The quantitative estimate of drug-likeness (QED) is 0.912. The number of piperazine rings is 1. The number of rotatable bonds is 2. The molecule has 2 heterocycles. The normalized spacial score (nSPS) is 20.7. The summed E-state index contributed by atoms with van der Waals surface area (Å²) in [5.74, 6) is 0. The minimum atomic E-state index is 0.352. The Balaban J connectivity index is 1.92. The largest absolute Gasteiger partial charge is 0.389 e. The van der Waals surface area contributed by atoms with Gasteiger partial charge in [-0.2, -0.15) is 0 Å². The predicted octanol–water partition coefficient (Wildman–Crippen LogP) is 2.22. The lowest BCUT2D eigenvalue weighted by atomic mass is 10.0. The molecule has 1 atom stereocenters. The van der Waals surface area contributed by atoms with Crippen molar-refractivity contribution in [3.05, 3.63) is 42.1 Å². The van der Waals surface area contributed by atoms with Gasteiger partial charge < -0.3 is 15.5 Å². The smallest absolute Gasteiger partial charge is 0.187 e. The molecule has 0 spiro atoms. The summed E-state index contributed by atoms with van der Waals surface area (Å²) in [6.45, 7) is 3.06. The van der Waals surface area contributed by atoms with Crippen LogP contribution in [0.3, 0.4) is 0 Å². The van der Waals surface area contributed by atoms with Gasteiger partial charge in [-0.25, -0.2) is 4.98 Å². The summed E-state index contributed by atoms with van der Waals surface area (Å²) < 4.78 is 0. The summed E-state index contributed by atoms with van der Waals surface area (Å²) in [6.07, 6.45) is 1.75. The first kappa shape index (κ1) is 12.4. The number of nitrogen functional groups attached to an aromatic ring is 1. The number of thiazole rings is 1. The van der Waals surface area contributed by atoms with E-state index in [0.29, 0.717) is 6.04 Å². The monoisotopic (exact) mass is 274 g/mol. The van der Waals surface area contributed by atoms with Gasteiger partial charge in [-0.1, -0.05) is 41.7 Å². The number of likely N-dealkylation sites (N-methyl/N-ethyl adjacent to an activating group) is 1. The summed E-state index contributed by atoms with van der Waals surface area (Å²) in [5, 5.41) is 1.81. The van der Waals surface area contributed by atoms with E-state index in [9.17, 15) is 0 Å². The van der Waals surface area contributed by atoms with E-state index in [1.165, 1.54) is 5.56 Å². The SMILES string of the molecule is CN1CCN(c2ncc(N)s2)C(c2ccccc2)C1. The summed E-state index contributed by atoms with van der Waals surface area (Å²) in [4.78, 5) is 9.18. The first-order valence-corrected chi connectivity index (χ1v) is 7.27. The molecule has 0 aliphatic carbocycles. The number of hydrogen-bond donors (Lipinski definition) is 1. The summed E-state index contributed by atoms with van der Waals surface area (Å²) in [5.41, 5.74) is 7.15. The van der Waals surface area contributed by atoms with E-state index in [1.807, 2.05) is 0 Å². The molecule has 5 heteroatoms. The molecule has 1 aliphatic heterocycles. The minimum absolute atomic E-state index is 0.352. The summed E-state index contributed by atoms with van der Waals surface area (Å²) in [6, 6.07) is 11.0. The van der Waals surface area contributed by atoms with Crippen molar-refractivity contribution < 1.29 is 0 Å². The zero-order valence-electron chi connectivity index (χ0n) is 11.0. The maximum absolute atomic E-state index is 5.82. The van der Waals surface area contributed by atoms with Crippen LogP contribution in [0.1, 0.15) is 11.6 Å². The highest BCUT2D eigenvalue weighted by Crippen LogP contribution is 2.33. The van der Waals surface area contributed by atoms with Crippen LogP contribution >= 0.6 is 11.3 Å². The average Bonchev–Trinajstić information content (AvgIpc) is 2.86. The Morgan fingerprint density at radius 3 is 2.74 bits per heavy atom. The molecule has 0 saturated carbocycles. The van der Waals surface area contributed by atoms with Crippen molar-refractivity contribution in [2.45, 2.75) is 6.04 Å². The van der Waals surface area contributed by atoms with Crippen LogP contribution in [0.25, 0.3) is 0 Å². The second-order valence-corrected chi connectivity index (χ2v) is 5.97. The van der Waals surface area contributed by atoms with E-state index in [-0.39, 0.29) is 0 Å². The van der Waals surface area contributed by atoms with Crippen molar-refractivity contribution in [1.29, 1.82) is 0 Å². The van der Waals surface area contributed by atoms with Crippen LogP contribution in [0.4, 0.5) is 10.1 Å². The molecule has 1 aromatic heterocycles. The van der Waals surface area contributed by atoms with Crippen LogP contribution in [-0.2, 0) is 0 Å². The minimum Gasteiger partial charge on any atom is -0.389 e. The predicted molar refractivity (Wildman–Crippen MR) is 80.6 cm³/mol. The molecule has 0 amide bonds. The lowest BCUT2D eigenvalue weighted by Gasteiger charge is -2.40. The first-order chi connectivity index (χ1) is 9.24. The molecule has 3 rings (SSSR count). The molecule has 1 unspecified atom stereocenters. The van der Waals surface area contributed by atoms with Crippen LogP contribution in [0.2, 0.25) is 0 Å². The highest BCUT2D eigenvalue weighted by molar-refractivity contribution is 7.19.